The summed E-state index contributed by atoms with van der Waals surface area (Å²) < 4.78 is 5.66. The second kappa shape index (κ2) is 9.63. The van der Waals surface area contributed by atoms with Gasteiger partial charge in [0, 0.05) is 10.7 Å². The second-order valence-electron chi connectivity index (χ2n) is 6.47. The highest BCUT2D eigenvalue weighted by atomic mass is 35.5. The zero-order valence-corrected chi connectivity index (χ0v) is 18.1. The van der Waals surface area contributed by atoms with Crippen molar-refractivity contribution in [2.75, 3.05) is 11.1 Å². The van der Waals surface area contributed by atoms with Crippen LogP contribution in [0, 0.1) is 6.92 Å². The van der Waals surface area contributed by atoms with Crippen LogP contribution in [0.1, 0.15) is 17.2 Å². The number of hydrogen-bond donors (Lipinski definition) is 3. The van der Waals surface area contributed by atoms with E-state index in [9.17, 15) is 0 Å². The summed E-state index contributed by atoms with van der Waals surface area (Å²) in [7, 11) is 0. The number of benzene rings is 2. The molecule has 0 saturated heterocycles. The topological polar surface area (TPSA) is 128 Å². The summed E-state index contributed by atoms with van der Waals surface area (Å²) in [4.78, 5) is 17.2. The number of aromatic amines is 1. The minimum absolute atomic E-state index is 0.147. The van der Waals surface area contributed by atoms with E-state index in [2.05, 4.69) is 35.5 Å². The highest BCUT2D eigenvalue weighted by molar-refractivity contribution is 7.98. The van der Waals surface area contributed by atoms with Crippen LogP contribution in [0.2, 0.25) is 5.02 Å². The van der Waals surface area contributed by atoms with Gasteiger partial charge in [-0.3, -0.25) is 5.10 Å². The number of rotatable bonds is 8. The number of halogens is 1. The third-order valence-corrected chi connectivity index (χ3v) is 5.22. The quantitative estimate of drug-likeness (QED) is 0.336. The number of nitrogens with zero attached hydrogens (tertiary/aromatic N) is 5. The molecule has 158 valence electrons. The first-order valence-corrected chi connectivity index (χ1v) is 10.7. The molecule has 0 bridgehead atoms. The van der Waals surface area contributed by atoms with E-state index in [1.807, 2.05) is 31.2 Å². The number of H-pyrrole nitrogens is 1. The highest BCUT2D eigenvalue weighted by Gasteiger charge is 2.10. The first-order chi connectivity index (χ1) is 15.0. The Morgan fingerprint density at radius 1 is 1.06 bits per heavy atom. The molecule has 0 fully saturated rings. The number of nitrogens with one attached hydrogen (secondary N) is 2. The number of aromatic nitrogens is 6. The smallest absolute Gasteiger partial charge is 0.232 e. The van der Waals surface area contributed by atoms with Crippen molar-refractivity contribution < 1.29 is 4.74 Å². The van der Waals surface area contributed by atoms with Crippen LogP contribution < -0.4 is 15.8 Å². The van der Waals surface area contributed by atoms with Gasteiger partial charge in [0.15, 0.2) is 5.82 Å². The molecule has 0 aliphatic carbocycles. The van der Waals surface area contributed by atoms with Crippen molar-refractivity contribution in [1.82, 2.24) is 30.1 Å². The summed E-state index contributed by atoms with van der Waals surface area (Å²) in [6, 6.07) is 15.0. The number of ether oxygens (including phenoxy) is 1. The van der Waals surface area contributed by atoms with Crippen molar-refractivity contribution in [2.45, 2.75) is 24.4 Å². The number of nitrogen functional groups attached to an aromatic ring is 1. The Morgan fingerprint density at radius 2 is 1.87 bits per heavy atom. The fraction of sp³-hybridized carbons (Fsp3) is 0.150. The summed E-state index contributed by atoms with van der Waals surface area (Å²) >= 11 is 7.25. The third kappa shape index (κ3) is 5.83. The first kappa shape index (κ1) is 20.9. The predicted molar refractivity (Wildman–Crippen MR) is 120 cm³/mol. The summed E-state index contributed by atoms with van der Waals surface area (Å²) in [5.41, 5.74) is 7.84. The maximum atomic E-state index is 5.87. The molecule has 0 atom stereocenters. The fourth-order valence-electron chi connectivity index (χ4n) is 2.61. The molecular formula is C20H19ClN8OS. The van der Waals surface area contributed by atoms with E-state index in [4.69, 9.17) is 22.1 Å². The lowest BCUT2D eigenvalue weighted by Crippen LogP contribution is -2.07. The zero-order valence-electron chi connectivity index (χ0n) is 16.5. The minimum Gasteiger partial charge on any atom is -0.486 e. The number of hydrogen-bond acceptors (Lipinski definition) is 9. The average molecular weight is 455 g/mol. The van der Waals surface area contributed by atoms with E-state index in [0.29, 0.717) is 39.3 Å². The molecule has 2 heterocycles. The van der Waals surface area contributed by atoms with E-state index in [1.54, 1.807) is 24.3 Å². The number of nitrogens with two attached hydrogens (primary N) is 1. The molecule has 0 spiro atoms. The largest absolute Gasteiger partial charge is 0.486 e. The number of thioether (sulfide) groups is 1. The van der Waals surface area contributed by atoms with Crippen molar-refractivity contribution in [3.8, 4) is 5.75 Å². The number of anilines is 3. The molecule has 2 aromatic heterocycles. The van der Waals surface area contributed by atoms with E-state index >= 15 is 0 Å². The van der Waals surface area contributed by atoms with Crippen molar-refractivity contribution >= 4 is 40.9 Å². The van der Waals surface area contributed by atoms with Crippen molar-refractivity contribution in [1.29, 1.82) is 0 Å². The van der Waals surface area contributed by atoms with Crippen LogP contribution >= 0.6 is 23.4 Å². The van der Waals surface area contributed by atoms with E-state index in [-0.39, 0.29) is 12.6 Å². The van der Waals surface area contributed by atoms with E-state index in [1.165, 1.54) is 11.8 Å². The maximum absolute atomic E-state index is 5.87. The zero-order chi connectivity index (χ0) is 21.6. The van der Waals surface area contributed by atoms with Crippen LogP contribution in [0.5, 0.6) is 5.75 Å². The lowest BCUT2D eigenvalue weighted by atomic mass is 10.2. The standard InChI is InChI=1S/C20H19ClN8OS/c1-12-4-2-3-5-15(12)23-19-25-17(24-18(22)27-19)11-31-20-26-16(28-29-20)10-30-14-8-6-13(21)7-9-14/h2-9H,10-11H2,1H3,(H,26,28,29)(H3,22,23,24,25,27). The monoisotopic (exact) mass is 454 g/mol. The van der Waals surface area contributed by atoms with Crippen molar-refractivity contribution in [3.05, 3.63) is 70.8 Å². The predicted octanol–water partition coefficient (Wildman–Crippen LogP) is 4.15. The minimum atomic E-state index is 0.147. The first-order valence-electron chi connectivity index (χ1n) is 9.31. The van der Waals surface area contributed by atoms with Crippen LogP contribution in [-0.4, -0.2) is 30.1 Å². The second-order valence-corrected chi connectivity index (χ2v) is 7.85. The molecule has 0 radical (unpaired) electrons. The van der Waals surface area contributed by atoms with Gasteiger partial charge in [-0.1, -0.05) is 41.6 Å². The van der Waals surface area contributed by atoms with Crippen LogP contribution in [0.25, 0.3) is 0 Å². The van der Waals surface area contributed by atoms with Gasteiger partial charge in [0.2, 0.25) is 17.1 Å². The Balaban J connectivity index is 1.35. The molecular weight excluding hydrogens is 436 g/mol. The van der Waals surface area contributed by atoms with E-state index < -0.39 is 0 Å². The highest BCUT2D eigenvalue weighted by Crippen LogP contribution is 2.21. The molecule has 9 nitrogen and oxygen atoms in total. The molecule has 0 aliphatic heterocycles. The van der Waals surface area contributed by atoms with Gasteiger partial charge in [-0.15, -0.1) is 5.10 Å². The molecule has 31 heavy (non-hydrogen) atoms. The van der Waals surface area contributed by atoms with Gasteiger partial charge >= 0.3 is 0 Å². The lowest BCUT2D eigenvalue weighted by Gasteiger charge is -2.09. The Kier molecular flexibility index (Phi) is 6.48. The summed E-state index contributed by atoms with van der Waals surface area (Å²) in [6.45, 7) is 2.26. The number of aryl methyl sites for hydroxylation is 1. The Morgan fingerprint density at radius 3 is 2.68 bits per heavy atom. The summed E-state index contributed by atoms with van der Waals surface area (Å²) in [6.07, 6.45) is 0. The lowest BCUT2D eigenvalue weighted by molar-refractivity contribution is 0.296. The van der Waals surface area contributed by atoms with Crippen LogP contribution in [-0.2, 0) is 12.4 Å². The molecule has 0 saturated carbocycles. The Hall–Kier alpha value is -3.37. The van der Waals surface area contributed by atoms with Crippen molar-refractivity contribution in [2.24, 2.45) is 0 Å². The molecule has 0 amide bonds. The maximum Gasteiger partial charge on any atom is 0.232 e. The SMILES string of the molecule is Cc1ccccc1Nc1nc(N)nc(CSc2n[nH]c(COc3ccc(Cl)cc3)n2)n1. The van der Waals surface area contributed by atoms with Crippen LogP contribution in [0.3, 0.4) is 0 Å². The van der Waals surface area contributed by atoms with E-state index in [0.717, 1.165) is 11.3 Å². The normalized spacial score (nSPS) is 10.8. The van der Waals surface area contributed by atoms with Gasteiger partial charge in [-0.2, -0.15) is 15.0 Å². The van der Waals surface area contributed by atoms with Gasteiger partial charge < -0.3 is 15.8 Å². The van der Waals surface area contributed by atoms with Gasteiger partial charge in [-0.05, 0) is 42.8 Å². The molecule has 0 aliphatic rings. The summed E-state index contributed by atoms with van der Waals surface area (Å²) in [5, 5.41) is 11.4. The fourth-order valence-corrected chi connectivity index (χ4v) is 3.41. The van der Waals surface area contributed by atoms with Crippen LogP contribution in [0.4, 0.5) is 17.6 Å². The summed E-state index contributed by atoms with van der Waals surface area (Å²) in [5.74, 6) is 2.80. The molecule has 4 rings (SSSR count). The van der Waals surface area contributed by atoms with Gasteiger partial charge in [-0.25, -0.2) is 4.98 Å². The molecule has 4 aromatic rings. The Labute approximate surface area is 187 Å². The number of para-hydroxylation sites is 1. The molecule has 4 N–H and O–H groups in total. The van der Waals surface area contributed by atoms with Crippen LogP contribution in [0.15, 0.2) is 53.7 Å². The molecule has 0 unspecified atom stereocenters. The third-order valence-electron chi connectivity index (χ3n) is 4.12. The Bertz CT molecular complexity index is 1170. The molecule has 2 aromatic carbocycles. The van der Waals surface area contributed by atoms with Gasteiger partial charge in [0.25, 0.3) is 0 Å². The average Bonchev–Trinajstić information content (AvgIpc) is 3.21. The molecule has 11 heteroatoms. The van der Waals surface area contributed by atoms with Gasteiger partial charge in [0.05, 0.1) is 5.75 Å². The van der Waals surface area contributed by atoms with Crippen molar-refractivity contribution in [3.63, 3.8) is 0 Å². The van der Waals surface area contributed by atoms with Gasteiger partial charge in [0.1, 0.15) is 18.2 Å².